The highest BCUT2D eigenvalue weighted by Gasteiger charge is 2.30. The standard InChI is InChI=1S/C24H31N3O2/c1-18-16-22(19(2)27(18)21-10-4-3-5-11-21)23(28)17-25-12-14-26(15-13-25)24(29)20-8-6-7-9-20/h3-5,10-11,16,20H,6-9,12-15,17H2,1-2H3. The molecule has 0 unspecified atom stereocenters. The van der Waals surface area contributed by atoms with Gasteiger partial charge in [-0.2, -0.15) is 0 Å². The van der Waals surface area contributed by atoms with Gasteiger partial charge < -0.3 is 9.47 Å². The van der Waals surface area contributed by atoms with Crippen molar-refractivity contribution in [3.63, 3.8) is 0 Å². The maximum atomic E-state index is 13.0. The molecule has 1 saturated carbocycles. The number of benzene rings is 1. The number of hydrogen-bond acceptors (Lipinski definition) is 3. The molecule has 1 aliphatic carbocycles. The monoisotopic (exact) mass is 393 g/mol. The summed E-state index contributed by atoms with van der Waals surface area (Å²) < 4.78 is 2.14. The predicted molar refractivity (Wildman–Crippen MR) is 115 cm³/mol. The van der Waals surface area contributed by atoms with Gasteiger partial charge in [0, 0.05) is 54.7 Å². The molecule has 29 heavy (non-hydrogen) atoms. The van der Waals surface area contributed by atoms with Crippen molar-refractivity contribution in [2.24, 2.45) is 5.92 Å². The average molecular weight is 394 g/mol. The SMILES string of the molecule is Cc1cc(C(=O)CN2CCN(C(=O)C3CCCC3)CC2)c(C)n1-c1ccccc1. The number of para-hydroxylation sites is 1. The summed E-state index contributed by atoms with van der Waals surface area (Å²) >= 11 is 0. The van der Waals surface area contributed by atoms with Crippen molar-refractivity contribution in [1.29, 1.82) is 0 Å². The van der Waals surface area contributed by atoms with E-state index in [0.717, 1.165) is 61.7 Å². The number of carbonyl (C=O) groups is 2. The zero-order valence-corrected chi connectivity index (χ0v) is 17.6. The van der Waals surface area contributed by atoms with E-state index in [-0.39, 0.29) is 11.7 Å². The second-order valence-electron chi connectivity index (χ2n) is 8.46. The molecule has 2 heterocycles. The molecular formula is C24H31N3O2. The summed E-state index contributed by atoms with van der Waals surface area (Å²) in [6, 6.07) is 12.2. The Balaban J connectivity index is 1.38. The zero-order valence-electron chi connectivity index (χ0n) is 17.6. The number of carbonyl (C=O) groups excluding carboxylic acids is 2. The van der Waals surface area contributed by atoms with E-state index in [1.807, 2.05) is 43.0 Å². The molecule has 0 atom stereocenters. The van der Waals surface area contributed by atoms with Crippen molar-refractivity contribution in [1.82, 2.24) is 14.4 Å². The van der Waals surface area contributed by atoms with Gasteiger partial charge in [-0.25, -0.2) is 0 Å². The molecule has 154 valence electrons. The Labute approximate surface area is 173 Å². The fraction of sp³-hybridized carbons (Fsp3) is 0.500. The quantitative estimate of drug-likeness (QED) is 0.729. The third-order valence-corrected chi connectivity index (χ3v) is 6.50. The minimum Gasteiger partial charge on any atom is -0.340 e. The van der Waals surface area contributed by atoms with Crippen LogP contribution in [0.25, 0.3) is 5.69 Å². The van der Waals surface area contributed by atoms with Gasteiger partial charge in [0.1, 0.15) is 0 Å². The third-order valence-electron chi connectivity index (χ3n) is 6.50. The lowest BCUT2D eigenvalue weighted by atomic mass is 10.1. The number of aromatic nitrogens is 1. The topological polar surface area (TPSA) is 45.6 Å². The van der Waals surface area contributed by atoms with Crippen LogP contribution in [0.15, 0.2) is 36.4 Å². The molecule has 1 saturated heterocycles. The van der Waals surface area contributed by atoms with Crippen LogP contribution in [0.4, 0.5) is 0 Å². The van der Waals surface area contributed by atoms with Crippen LogP contribution >= 0.6 is 0 Å². The van der Waals surface area contributed by atoms with Gasteiger partial charge in [-0.05, 0) is 44.9 Å². The number of aryl methyl sites for hydroxylation is 1. The largest absolute Gasteiger partial charge is 0.340 e. The van der Waals surface area contributed by atoms with Gasteiger partial charge in [-0.3, -0.25) is 14.5 Å². The molecule has 0 bridgehead atoms. The van der Waals surface area contributed by atoms with Crippen molar-refractivity contribution in [2.45, 2.75) is 39.5 Å². The fourth-order valence-corrected chi connectivity index (χ4v) is 4.87. The van der Waals surface area contributed by atoms with E-state index in [9.17, 15) is 9.59 Å². The van der Waals surface area contributed by atoms with Gasteiger partial charge in [0.2, 0.25) is 5.91 Å². The summed E-state index contributed by atoms with van der Waals surface area (Å²) in [7, 11) is 0. The number of hydrogen-bond donors (Lipinski definition) is 0. The van der Waals surface area contributed by atoms with Gasteiger partial charge in [0.05, 0.1) is 6.54 Å². The summed E-state index contributed by atoms with van der Waals surface area (Å²) in [6.45, 7) is 7.53. The lowest BCUT2D eigenvalue weighted by Gasteiger charge is -2.35. The van der Waals surface area contributed by atoms with Gasteiger partial charge in [-0.1, -0.05) is 31.0 Å². The predicted octanol–water partition coefficient (Wildman–Crippen LogP) is 3.61. The molecule has 0 radical (unpaired) electrons. The van der Waals surface area contributed by atoms with Crippen LogP contribution in [0.2, 0.25) is 0 Å². The molecule has 4 rings (SSSR count). The Morgan fingerprint density at radius 1 is 0.966 bits per heavy atom. The molecule has 2 fully saturated rings. The summed E-state index contributed by atoms with van der Waals surface area (Å²) in [5.41, 5.74) is 3.95. The molecule has 5 heteroatoms. The van der Waals surface area contributed by atoms with Gasteiger partial charge in [0.25, 0.3) is 0 Å². The molecule has 5 nitrogen and oxygen atoms in total. The number of nitrogens with zero attached hydrogens (tertiary/aromatic N) is 3. The van der Waals surface area contributed by atoms with E-state index in [1.165, 1.54) is 12.8 Å². The highest BCUT2D eigenvalue weighted by Crippen LogP contribution is 2.27. The number of rotatable bonds is 5. The average Bonchev–Trinajstić information content (AvgIpc) is 3.37. The summed E-state index contributed by atoms with van der Waals surface area (Å²) in [5.74, 6) is 0.738. The van der Waals surface area contributed by atoms with E-state index in [0.29, 0.717) is 12.5 Å². The summed E-state index contributed by atoms with van der Waals surface area (Å²) in [6.07, 6.45) is 4.47. The summed E-state index contributed by atoms with van der Waals surface area (Å²) in [4.78, 5) is 29.8. The molecule has 2 aromatic rings. The second kappa shape index (κ2) is 8.54. The maximum Gasteiger partial charge on any atom is 0.225 e. The van der Waals surface area contributed by atoms with E-state index < -0.39 is 0 Å². The Morgan fingerprint density at radius 2 is 1.62 bits per heavy atom. The first-order valence-electron chi connectivity index (χ1n) is 10.8. The van der Waals surface area contributed by atoms with Crippen LogP contribution in [0, 0.1) is 19.8 Å². The molecule has 0 N–H and O–H groups in total. The minimum absolute atomic E-state index is 0.163. The van der Waals surface area contributed by atoms with Crippen LogP contribution in [0.5, 0.6) is 0 Å². The normalized spacial score (nSPS) is 18.3. The van der Waals surface area contributed by atoms with Gasteiger partial charge in [0.15, 0.2) is 5.78 Å². The number of amides is 1. The van der Waals surface area contributed by atoms with Crippen LogP contribution in [0.3, 0.4) is 0 Å². The molecule has 1 aliphatic heterocycles. The first-order valence-corrected chi connectivity index (χ1v) is 10.8. The van der Waals surface area contributed by atoms with Crippen molar-refractivity contribution in [2.75, 3.05) is 32.7 Å². The van der Waals surface area contributed by atoms with Crippen molar-refractivity contribution < 1.29 is 9.59 Å². The first-order chi connectivity index (χ1) is 14.0. The number of ketones is 1. The Kier molecular flexibility index (Phi) is 5.86. The molecule has 2 aliphatic rings. The lowest BCUT2D eigenvalue weighted by molar-refractivity contribution is -0.137. The molecule has 0 spiro atoms. The van der Waals surface area contributed by atoms with Crippen molar-refractivity contribution >= 4 is 11.7 Å². The van der Waals surface area contributed by atoms with Gasteiger partial charge >= 0.3 is 0 Å². The fourth-order valence-electron chi connectivity index (χ4n) is 4.87. The maximum absolute atomic E-state index is 13.0. The van der Waals surface area contributed by atoms with E-state index in [2.05, 4.69) is 21.6 Å². The van der Waals surface area contributed by atoms with Crippen LogP contribution in [0.1, 0.15) is 47.4 Å². The molecular weight excluding hydrogens is 362 g/mol. The van der Waals surface area contributed by atoms with Gasteiger partial charge in [-0.15, -0.1) is 0 Å². The Hall–Kier alpha value is -2.40. The van der Waals surface area contributed by atoms with Crippen molar-refractivity contribution in [3.8, 4) is 5.69 Å². The van der Waals surface area contributed by atoms with Crippen LogP contribution < -0.4 is 0 Å². The second-order valence-corrected chi connectivity index (χ2v) is 8.46. The Bertz CT molecular complexity index is 873. The van der Waals surface area contributed by atoms with E-state index >= 15 is 0 Å². The number of piperazine rings is 1. The lowest BCUT2D eigenvalue weighted by Crippen LogP contribution is -2.51. The zero-order chi connectivity index (χ0) is 20.4. The van der Waals surface area contributed by atoms with Crippen LogP contribution in [-0.2, 0) is 4.79 Å². The van der Waals surface area contributed by atoms with Crippen LogP contribution in [-0.4, -0.2) is 58.8 Å². The summed E-state index contributed by atoms with van der Waals surface area (Å²) in [5, 5.41) is 0. The Morgan fingerprint density at radius 3 is 2.28 bits per heavy atom. The smallest absolute Gasteiger partial charge is 0.225 e. The molecule has 1 amide bonds. The molecule has 1 aromatic heterocycles. The highest BCUT2D eigenvalue weighted by molar-refractivity contribution is 5.99. The minimum atomic E-state index is 0.163. The first kappa shape index (κ1) is 19.9. The van der Waals surface area contributed by atoms with E-state index in [4.69, 9.17) is 0 Å². The third kappa shape index (κ3) is 4.15. The van der Waals surface area contributed by atoms with Crippen molar-refractivity contribution in [3.05, 3.63) is 53.3 Å². The highest BCUT2D eigenvalue weighted by atomic mass is 16.2. The van der Waals surface area contributed by atoms with E-state index in [1.54, 1.807) is 0 Å². The number of Topliss-reactive ketones (excluding diaryl/α,β-unsaturated/α-hetero) is 1. The molecule has 1 aromatic carbocycles.